The minimum Gasteiger partial charge on any atom is -0.494 e. The van der Waals surface area contributed by atoms with Gasteiger partial charge in [-0.2, -0.15) is 0 Å². The molecular formula is C14H15Cl2NO4. The van der Waals surface area contributed by atoms with Gasteiger partial charge in [-0.1, -0.05) is 23.2 Å². The fourth-order valence-corrected chi connectivity index (χ4v) is 2.70. The van der Waals surface area contributed by atoms with E-state index in [-0.39, 0.29) is 22.2 Å². The maximum Gasteiger partial charge on any atom is 0.323 e. The Labute approximate surface area is 132 Å². The Morgan fingerprint density at radius 3 is 2.33 bits per heavy atom. The van der Waals surface area contributed by atoms with Crippen molar-refractivity contribution in [1.82, 2.24) is 4.90 Å². The molecule has 0 heterocycles. The molecule has 7 heteroatoms. The molecule has 0 aliphatic heterocycles. The summed E-state index contributed by atoms with van der Waals surface area (Å²) in [4.78, 5) is 24.7. The summed E-state index contributed by atoms with van der Waals surface area (Å²) in [5.74, 6) is -0.759. The van der Waals surface area contributed by atoms with Crippen molar-refractivity contribution in [3.63, 3.8) is 0 Å². The van der Waals surface area contributed by atoms with Crippen molar-refractivity contribution in [3.8, 4) is 5.75 Å². The van der Waals surface area contributed by atoms with Crippen LogP contribution in [0.25, 0.3) is 0 Å². The standard InChI is InChI=1S/C14H15Cl2NO4/c1-21-13-10(15)4-9(5-11(13)16)14(20)17(7-12(18)19)6-8-2-3-8/h4-5,8H,2-3,6-7H2,1H3,(H,18,19). The van der Waals surface area contributed by atoms with Crippen LogP contribution >= 0.6 is 23.2 Å². The van der Waals surface area contributed by atoms with Gasteiger partial charge in [0, 0.05) is 12.1 Å². The van der Waals surface area contributed by atoms with Gasteiger partial charge in [0.05, 0.1) is 17.2 Å². The number of carboxylic acid groups (broad SMARTS) is 1. The van der Waals surface area contributed by atoms with Crippen LogP contribution in [0.5, 0.6) is 5.75 Å². The fourth-order valence-electron chi connectivity index (χ4n) is 2.06. The molecule has 0 spiro atoms. The zero-order valence-corrected chi connectivity index (χ0v) is 12.9. The number of amides is 1. The van der Waals surface area contributed by atoms with Crippen LogP contribution in [0.2, 0.25) is 10.0 Å². The quantitative estimate of drug-likeness (QED) is 0.870. The minimum atomic E-state index is -1.05. The first-order valence-electron chi connectivity index (χ1n) is 6.46. The first kappa shape index (κ1) is 15.9. The van der Waals surface area contributed by atoms with Gasteiger partial charge in [-0.3, -0.25) is 9.59 Å². The molecule has 0 saturated heterocycles. The Hall–Kier alpha value is -1.46. The highest BCUT2D eigenvalue weighted by atomic mass is 35.5. The molecule has 2 rings (SSSR count). The molecule has 1 aromatic carbocycles. The van der Waals surface area contributed by atoms with E-state index in [1.54, 1.807) is 0 Å². The van der Waals surface area contributed by atoms with Crippen LogP contribution in [0.4, 0.5) is 0 Å². The van der Waals surface area contributed by atoms with E-state index in [1.807, 2.05) is 0 Å². The molecule has 5 nitrogen and oxygen atoms in total. The third-order valence-corrected chi connectivity index (χ3v) is 3.80. The molecule has 1 saturated carbocycles. The second-order valence-corrected chi connectivity index (χ2v) is 5.81. The van der Waals surface area contributed by atoms with Gasteiger partial charge in [-0.25, -0.2) is 0 Å². The van der Waals surface area contributed by atoms with E-state index < -0.39 is 11.9 Å². The molecule has 21 heavy (non-hydrogen) atoms. The number of carbonyl (C=O) groups excluding carboxylic acids is 1. The summed E-state index contributed by atoms with van der Waals surface area (Å²) in [7, 11) is 1.43. The monoisotopic (exact) mass is 331 g/mol. The summed E-state index contributed by atoms with van der Waals surface area (Å²) in [6, 6.07) is 2.88. The largest absolute Gasteiger partial charge is 0.494 e. The first-order valence-corrected chi connectivity index (χ1v) is 7.22. The predicted molar refractivity (Wildman–Crippen MR) is 79.3 cm³/mol. The van der Waals surface area contributed by atoms with E-state index in [1.165, 1.54) is 24.1 Å². The molecule has 1 aliphatic rings. The van der Waals surface area contributed by atoms with E-state index in [0.29, 0.717) is 18.2 Å². The highest BCUT2D eigenvalue weighted by Gasteiger charge is 2.29. The number of ether oxygens (including phenoxy) is 1. The van der Waals surface area contributed by atoms with Crippen molar-refractivity contribution in [2.24, 2.45) is 5.92 Å². The van der Waals surface area contributed by atoms with Crippen molar-refractivity contribution in [2.75, 3.05) is 20.2 Å². The number of carboxylic acids is 1. The molecule has 1 amide bonds. The van der Waals surface area contributed by atoms with Gasteiger partial charge < -0.3 is 14.7 Å². The predicted octanol–water partition coefficient (Wildman–Crippen LogP) is 2.94. The molecule has 0 unspecified atom stereocenters. The molecule has 114 valence electrons. The van der Waals surface area contributed by atoms with Crippen molar-refractivity contribution in [3.05, 3.63) is 27.7 Å². The Bertz CT molecular complexity index is 549. The second-order valence-electron chi connectivity index (χ2n) is 5.00. The normalized spacial score (nSPS) is 13.9. The lowest BCUT2D eigenvalue weighted by molar-refractivity contribution is -0.137. The minimum absolute atomic E-state index is 0.218. The lowest BCUT2D eigenvalue weighted by atomic mass is 10.1. The number of aliphatic carboxylic acids is 1. The van der Waals surface area contributed by atoms with Crippen LogP contribution in [0.15, 0.2) is 12.1 Å². The number of methoxy groups -OCH3 is 1. The van der Waals surface area contributed by atoms with Crippen molar-refractivity contribution < 1.29 is 19.4 Å². The number of benzene rings is 1. The number of hydrogen-bond acceptors (Lipinski definition) is 3. The van der Waals surface area contributed by atoms with Crippen LogP contribution < -0.4 is 4.74 Å². The van der Waals surface area contributed by atoms with Gasteiger partial charge >= 0.3 is 5.97 Å². The first-order chi connectivity index (χ1) is 9.92. The smallest absolute Gasteiger partial charge is 0.323 e. The summed E-state index contributed by atoms with van der Waals surface area (Å²) >= 11 is 12.0. The van der Waals surface area contributed by atoms with Gasteiger partial charge in [0.2, 0.25) is 0 Å². The number of carbonyl (C=O) groups is 2. The van der Waals surface area contributed by atoms with E-state index in [4.69, 9.17) is 33.0 Å². The van der Waals surface area contributed by atoms with Crippen molar-refractivity contribution >= 4 is 35.1 Å². The van der Waals surface area contributed by atoms with Gasteiger partial charge in [0.1, 0.15) is 6.54 Å². The van der Waals surface area contributed by atoms with Gasteiger partial charge in [-0.15, -0.1) is 0 Å². The third kappa shape index (κ3) is 4.02. The molecule has 0 bridgehead atoms. The Kier molecular flexibility index (Phi) is 4.96. The molecule has 0 atom stereocenters. The maximum absolute atomic E-state index is 12.5. The second kappa shape index (κ2) is 6.54. The Morgan fingerprint density at radius 1 is 1.33 bits per heavy atom. The van der Waals surface area contributed by atoms with Crippen LogP contribution in [-0.4, -0.2) is 42.1 Å². The SMILES string of the molecule is COc1c(Cl)cc(C(=O)N(CC(=O)O)CC2CC2)cc1Cl. The Morgan fingerprint density at radius 2 is 1.90 bits per heavy atom. The zero-order chi connectivity index (χ0) is 15.6. The average Bonchev–Trinajstić information content (AvgIpc) is 3.20. The van der Waals surface area contributed by atoms with Crippen LogP contribution in [0.3, 0.4) is 0 Å². The molecule has 1 aliphatic carbocycles. The molecule has 0 radical (unpaired) electrons. The number of hydrogen-bond donors (Lipinski definition) is 1. The third-order valence-electron chi connectivity index (χ3n) is 3.24. The summed E-state index contributed by atoms with van der Waals surface area (Å²) in [5.41, 5.74) is 0.257. The highest BCUT2D eigenvalue weighted by molar-refractivity contribution is 6.37. The van der Waals surface area contributed by atoms with Crippen molar-refractivity contribution in [2.45, 2.75) is 12.8 Å². The summed E-state index contributed by atoms with van der Waals surface area (Å²) in [5, 5.41) is 9.37. The van der Waals surface area contributed by atoms with Gasteiger partial charge in [0.15, 0.2) is 5.75 Å². The number of halogens is 2. The Balaban J connectivity index is 2.24. The number of rotatable bonds is 6. The summed E-state index contributed by atoms with van der Waals surface area (Å²) < 4.78 is 5.03. The topological polar surface area (TPSA) is 66.8 Å². The van der Waals surface area contributed by atoms with Gasteiger partial charge in [-0.05, 0) is 30.9 Å². The summed E-state index contributed by atoms with van der Waals surface area (Å²) in [6.45, 7) is 0.100. The van der Waals surface area contributed by atoms with Crippen LogP contribution in [0.1, 0.15) is 23.2 Å². The average molecular weight is 332 g/mol. The summed E-state index contributed by atoms with van der Waals surface area (Å²) in [6.07, 6.45) is 2.04. The molecule has 1 aromatic rings. The molecule has 1 fully saturated rings. The van der Waals surface area contributed by atoms with Crippen LogP contribution in [-0.2, 0) is 4.79 Å². The number of nitrogens with zero attached hydrogens (tertiary/aromatic N) is 1. The van der Waals surface area contributed by atoms with E-state index in [9.17, 15) is 9.59 Å². The maximum atomic E-state index is 12.5. The van der Waals surface area contributed by atoms with E-state index in [2.05, 4.69) is 0 Å². The van der Waals surface area contributed by atoms with Gasteiger partial charge in [0.25, 0.3) is 5.91 Å². The lowest BCUT2D eigenvalue weighted by Gasteiger charge is -2.21. The van der Waals surface area contributed by atoms with E-state index >= 15 is 0 Å². The molecular weight excluding hydrogens is 317 g/mol. The molecule has 0 aromatic heterocycles. The zero-order valence-electron chi connectivity index (χ0n) is 11.4. The lowest BCUT2D eigenvalue weighted by Crippen LogP contribution is -2.37. The van der Waals surface area contributed by atoms with Crippen molar-refractivity contribution in [1.29, 1.82) is 0 Å². The van der Waals surface area contributed by atoms with E-state index in [0.717, 1.165) is 12.8 Å². The van der Waals surface area contributed by atoms with Crippen LogP contribution in [0, 0.1) is 5.92 Å². The molecule has 1 N–H and O–H groups in total. The fraction of sp³-hybridized carbons (Fsp3) is 0.429. The highest BCUT2D eigenvalue weighted by Crippen LogP contribution is 2.35.